The molecule has 0 aliphatic heterocycles. The molecular formula is C17H18BrFN2O. The highest BCUT2D eigenvalue weighted by Crippen LogP contribution is 2.33. The number of ketones is 1. The van der Waals surface area contributed by atoms with Crippen molar-refractivity contribution in [2.45, 2.75) is 39.2 Å². The van der Waals surface area contributed by atoms with Crippen molar-refractivity contribution in [3.05, 3.63) is 40.2 Å². The van der Waals surface area contributed by atoms with Crippen LogP contribution in [0.4, 0.5) is 4.39 Å². The number of aryl methyl sites for hydroxylation is 1. The van der Waals surface area contributed by atoms with Gasteiger partial charge in [-0.2, -0.15) is 5.10 Å². The number of benzene rings is 1. The molecule has 22 heavy (non-hydrogen) atoms. The Hall–Kier alpha value is -1.49. The third-order valence-electron chi connectivity index (χ3n) is 4.27. The van der Waals surface area contributed by atoms with Crippen LogP contribution in [0.3, 0.4) is 0 Å². The van der Waals surface area contributed by atoms with Crippen LogP contribution < -0.4 is 0 Å². The number of Topliss-reactive ketones (excluding diaryl/α,β-unsaturated/α-hetero) is 1. The Morgan fingerprint density at radius 3 is 2.55 bits per heavy atom. The van der Waals surface area contributed by atoms with Gasteiger partial charge >= 0.3 is 0 Å². The number of nitrogens with zero attached hydrogens (tertiary/aromatic N) is 2. The van der Waals surface area contributed by atoms with Gasteiger partial charge in [0.15, 0.2) is 0 Å². The quantitative estimate of drug-likeness (QED) is 0.802. The number of rotatable bonds is 3. The van der Waals surface area contributed by atoms with Gasteiger partial charge in [-0.25, -0.2) is 4.39 Å². The molecule has 1 fully saturated rings. The van der Waals surface area contributed by atoms with Crippen molar-refractivity contribution in [3.8, 4) is 11.3 Å². The van der Waals surface area contributed by atoms with Gasteiger partial charge in [0.05, 0.1) is 15.9 Å². The highest BCUT2D eigenvalue weighted by molar-refractivity contribution is 9.10. The maximum absolute atomic E-state index is 13.2. The van der Waals surface area contributed by atoms with Crippen LogP contribution >= 0.6 is 15.9 Å². The molecule has 3 rings (SSSR count). The lowest BCUT2D eigenvalue weighted by atomic mass is 9.88. The molecule has 0 atom stereocenters. The second-order valence-electron chi connectivity index (χ2n) is 5.92. The van der Waals surface area contributed by atoms with Gasteiger partial charge in [-0.05, 0) is 65.9 Å². The van der Waals surface area contributed by atoms with Crippen LogP contribution in [0.15, 0.2) is 28.7 Å². The standard InChI is InChI=1S/C17H18BrFN2O/c1-11-16(18)17(13-4-6-14(19)7-5-13)21(20-11)10-12-2-8-15(22)9-3-12/h4-7,12H,2-3,8-10H2,1H3. The summed E-state index contributed by atoms with van der Waals surface area (Å²) in [6.45, 7) is 2.75. The third-order valence-corrected chi connectivity index (χ3v) is 5.22. The molecule has 0 saturated heterocycles. The molecule has 1 heterocycles. The Morgan fingerprint density at radius 2 is 1.91 bits per heavy atom. The van der Waals surface area contributed by atoms with E-state index in [0.717, 1.165) is 40.8 Å². The van der Waals surface area contributed by atoms with Gasteiger partial charge in [-0.3, -0.25) is 9.48 Å². The number of carbonyl (C=O) groups is 1. The minimum absolute atomic E-state index is 0.242. The summed E-state index contributed by atoms with van der Waals surface area (Å²) in [5.74, 6) is 0.601. The fraction of sp³-hybridized carbons (Fsp3) is 0.412. The summed E-state index contributed by atoms with van der Waals surface area (Å²) in [5, 5.41) is 4.61. The molecule has 116 valence electrons. The van der Waals surface area contributed by atoms with E-state index in [-0.39, 0.29) is 5.82 Å². The molecule has 1 aliphatic rings. The molecule has 2 aromatic rings. The van der Waals surface area contributed by atoms with Gasteiger partial charge in [-0.15, -0.1) is 0 Å². The third kappa shape index (κ3) is 3.14. The van der Waals surface area contributed by atoms with Crippen LogP contribution in [0.1, 0.15) is 31.4 Å². The van der Waals surface area contributed by atoms with Gasteiger partial charge < -0.3 is 0 Å². The SMILES string of the molecule is Cc1nn(CC2CCC(=O)CC2)c(-c2ccc(F)cc2)c1Br. The normalized spacial score (nSPS) is 16.2. The molecule has 0 unspecified atom stereocenters. The lowest BCUT2D eigenvalue weighted by Gasteiger charge is -2.21. The van der Waals surface area contributed by atoms with Crippen molar-refractivity contribution in [1.29, 1.82) is 0 Å². The maximum Gasteiger partial charge on any atom is 0.132 e. The molecule has 0 bridgehead atoms. The zero-order valence-corrected chi connectivity index (χ0v) is 14.1. The summed E-state index contributed by atoms with van der Waals surface area (Å²) in [6, 6.07) is 6.48. The topological polar surface area (TPSA) is 34.9 Å². The van der Waals surface area contributed by atoms with Crippen molar-refractivity contribution in [1.82, 2.24) is 9.78 Å². The summed E-state index contributed by atoms with van der Waals surface area (Å²) < 4.78 is 16.1. The van der Waals surface area contributed by atoms with E-state index in [1.54, 1.807) is 12.1 Å². The molecule has 3 nitrogen and oxygen atoms in total. The number of carbonyl (C=O) groups excluding carboxylic acids is 1. The van der Waals surface area contributed by atoms with E-state index < -0.39 is 0 Å². The first-order chi connectivity index (χ1) is 10.5. The van der Waals surface area contributed by atoms with Gasteiger partial charge in [0.2, 0.25) is 0 Å². The first-order valence-electron chi connectivity index (χ1n) is 7.55. The van der Waals surface area contributed by atoms with E-state index >= 15 is 0 Å². The maximum atomic E-state index is 13.2. The molecule has 1 saturated carbocycles. The second-order valence-corrected chi connectivity index (χ2v) is 6.71. The predicted octanol–water partition coefficient (Wildman–Crippen LogP) is 4.52. The molecule has 1 aromatic heterocycles. The highest BCUT2D eigenvalue weighted by Gasteiger charge is 2.22. The molecule has 5 heteroatoms. The molecule has 0 spiro atoms. The zero-order chi connectivity index (χ0) is 15.7. The number of hydrogen-bond donors (Lipinski definition) is 0. The lowest BCUT2D eigenvalue weighted by molar-refractivity contribution is -0.121. The van der Waals surface area contributed by atoms with E-state index in [1.165, 1.54) is 12.1 Å². The van der Waals surface area contributed by atoms with Gasteiger partial charge in [0, 0.05) is 24.9 Å². The van der Waals surface area contributed by atoms with Crippen LogP contribution in [0.25, 0.3) is 11.3 Å². The Kier molecular flexibility index (Phi) is 4.43. The smallest absolute Gasteiger partial charge is 0.132 e. The van der Waals surface area contributed by atoms with Crippen molar-refractivity contribution in [2.75, 3.05) is 0 Å². The van der Waals surface area contributed by atoms with Crippen LogP contribution in [-0.2, 0) is 11.3 Å². The second kappa shape index (κ2) is 6.32. The van der Waals surface area contributed by atoms with Gasteiger partial charge in [0.1, 0.15) is 11.6 Å². The van der Waals surface area contributed by atoms with Crippen molar-refractivity contribution in [2.24, 2.45) is 5.92 Å². The highest BCUT2D eigenvalue weighted by atomic mass is 79.9. The minimum Gasteiger partial charge on any atom is -0.300 e. The number of halogens is 2. The largest absolute Gasteiger partial charge is 0.300 e. The predicted molar refractivity (Wildman–Crippen MR) is 87.0 cm³/mol. The van der Waals surface area contributed by atoms with Gasteiger partial charge in [0.25, 0.3) is 0 Å². The Balaban J connectivity index is 1.89. The fourth-order valence-electron chi connectivity index (χ4n) is 3.00. The van der Waals surface area contributed by atoms with E-state index in [9.17, 15) is 9.18 Å². The molecule has 0 amide bonds. The average Bonchev–Trinajstić information content (AvgIpc) is 2.77. The van der Waals surface area contributed by atoms with E-state index in [4.69, 9.17) is 0 Å². The molecule has 0 radical (unpaired) electrons. The van der Waals surface area contributed by atoms with Crippen molar-refractivity contribution < 1.29 is 9.18 Å². The van der Waals surface area contributed by atoms with E-state index in [0.29, 0.717) is 24.5 Å². The summed E-state index contributed by atoms with van der Waals surface area (Å²) in [7, 11) is 0. The monoisotopic (exact) mass is 364 g/mol. The minimum atomic E-state index is -0.242. The summed E-state index contributed by atoms with van der Waals surface area (Å²) in [4.78, 5) is 11.4. The van der Waals surface area contributed by atoms with Crippen LogP contribution in [0, 0.1) is 18.7 Å². The Labute approximate surface area is 137 Å². The summed E-state index contributed by atoms with van der Waals surface area (Å²) in [6.07, 6.45) is 3.21. The first kappa shape index (κ1) is 15.4. The summed E-state index contributed by atoms with van der Waals surface area (Å²) in [5.41, 5.74) is 2.85. The van der Waals surface area contributed by atoms with E-state index in [2.05, 4.69) is 21.0 Å². The number of hydrogen-bond acceptors (Lipinski definition) is 2. The van der Waals surface area contributed by atoms with Crippen molar-refractivity contribution >= 4 is 21.7 Å². The first-order valence-corrected chi connectivity index (χ1v) is 8.34. The molecule has 0 N–H and O–H groups in total. The van der Waals surface area contributed by atoms with E-state index in [1.807, 2.05) is 11.6 Å². The van der Waals surface area contributed by atoms with Crippen molar-refractivity contribution in [3.63, 3.8) is 0 Å². The average molecular weight is 365 g/mol. The van der Waals surface area contributed by atoms with Crippen LogP contribution in [0.2, 0.25) is 0 Å². The Morgan fingerprint density at radius 1 is 1.27 bits per heavy atom. The van der Waals surface area contributed by atoms with Crippen LogP contribution in [-0.4, -0.2) is 15.6 Å². The molecule has 1 aliphatic carbocycles. The molecular weight excluding hydrogens is 347 g/mol. The van der Waals surface area contributed by atoms with Crippen LogP contribution in [0.5, 0.6) is 0 Å². The number of aromatic nitrogens is 2. The Bertz CT molecular complexity index is 683. The zero-order valence-electron chi connectivity index (χ0n) is 12.5. The molecule has 1 aromatic carbocycles. The fourth-order valence-corrected chi connectivity index (χ4v) is 3.51. The summed E-state index contributed by atoms with van der Waals surface area (Å²) >= 11 is 3.60. The van der Waals surface area contributed by atoms with Gasteiger partial charge in [-0.1, -0.05) is 0 Å². The lowest BCUT2D eigenvalue weighted by Crippen LogP contribution is -2.19.